The van der Waals surface area contributed by atoms with E-state index in [1.807, 2.05) is 17.9 Å². The van der Waals surface area contributed by atoms with Crippen molar-refractivity contribution in [1.29, 1.82) is 0 Å². The molecule has 6 heterocycles. The van der Waals surface area contributed by atoms with Gasteiger partial charge < -0.3 is 62.7 Å². The maximum absolute atomic E-state index is 13.4. The summed E-state index contributed by atoms with van der Waals surface area (Å²) in [6, 6.07) is 18.1. The third-order valence-corrected chi connectivity index (χ3v) is 11.5. The van der Waals surface area contributed by atoms with Gasteiger partial charge in [-0.1, -0.05) is 12.1 Å². The van der Waals surface area contributed by atoms with Crippen LogP contribution < -0.4 is 140 Å². The normalized spacial score (nSPS) is 14.5. The Bertz CT molecular complexity index is 3100. The Morgan fingerprint density at radius 2 is 1.20 bits per heavy atom. The third-order valence-electron chi connectivity index (χ3n) is 11.5. The van der Waals surface area contributed by atoms with Crippen LogP contribution in [0.5, 0.6) is 0 Å². The molecule has 8 rings (SSSR count). The molecule has 7 N–H and O–H groups in total. The number of alkyl halides is 6. The quantitative estimate of drug-likeness (QED) is 0.0164. The summed E-state index contributed by atoms with van der Waals surface area (Å²) in [5, 5.41) is 39.1. The second-order valence-electron chi connectivity index (χ2n) is 17.3. The first-order chi connectivity index (χ1) is 38.6. The minimum atomic E-state index is -4.55. The van der Waals surface area contributed by atoms with Crippen LogP contribution in [0.2, 0.25) is 0 Å². The molecule has 0 saturated carbocycles. The first-order valence-corrected chi connectivity index (χ1v) is 24.3. The first kappa shape index (κ1) is 72.0. The summed E-state index contributed by atoms with van der Waals surface area (Å²) >= 11 is 0. The van der Waals surface area contributed by atoms with E-state index in [1.54, 1.807) is 37.4 Å². The summed E-state index contributed by atoms with van der Waals surface area (Å²) in [7, 11) is 0. The van der Waals surface area contributed by atoms with Crippen LogP contribution in [0.15, 0.2) is 110 Å². The molecule has 6 aromatic rings. The van der Waals surface area contributed by atoms with Crippen molar-refractivity contribution < 1.29 is 189 Å². The molecule has 2 saturated heterocycles. The second kappa shape index (κ2) is 35.9. The van der Waals surface area contributed by atoms with Crippen LogP contribution in [0, 0.1) is 19.8 Å². The van der Waals surface area contributed by atoms with Gasteiger partial charge in [-0.3, -0.25) is 33.9 Å². The molecule has 0 radical (unpaired) electrons. The second-order valence-corrected chi connectivity index (χ2v) is 17.3. The molecule has 0 spiro atoms. The van der Waals surface area contributed by atoms with E-state index in [4.69, 9.17) is 29.7 Å². The number of nitrogens with zero attached hydrogens (tertiary/aromatic N) is 5. The van der Waals surface area contributed by atoms with Crippen molar-refractivity contribution in [1.82, 2.24) is 35.9 Å². The number of carbonyl (C=O) groups excluding carboxylic acids is 5. The third kappa shape index (κ3) is 24.0. The van der Waals surface area contributed by atoms with Gasteiger partial charge in [0.05, 0.1) is 60.3 Å². The van der Waals surface area contributed by atoms with E-state index in [2.05, 4.69) is 51.4 Å². The number of rotatable bonds is 14. The molecule has 2 aliphatic rings. The van der Waals surface area contributed by atoms with Gasteiger partial charge in [0, 0.05) is 91.4 Å². The summed E-state index contributed by atoms with van der Waals surface area (Å²) < 4.78 is 102. The van der Waals surface area contributed by atoms with Crippen molar-refractivity contribution in [3.63, 3.8) is 0 Å². The predicted molar refractivity (Wildman–Crippen MR) is 276 cm³/mol. The minimum absolute atomic E-state index is 0. The molecular formula is C53H55F7K2N10O11. The Kier molecular flexibility index (Phi) is 31.1. The molecule has 4 aromatic heterocycles. The van der Waals surface area contributed by atoms with Crippen LogP contribution >= 0.6 is 0 Å². The number of aromatic nitrogens is 4. The zero-order chi connectivity index (χ0) is 59.1. The Morgan fingerprint density at radius 1 is 0.723 bits per heavy atom. The molecule has 434 valence electrons. The summed E-state index contributed by atoms with van der Waals surface area (Å²) in [6.07, 6.45) is -3.56. The average molecular weight is 1220 g/mol. The van der Waals surface area contributed by atoms with Crippen LogP contribution in [-0.4, -0.2) is 138 Å². The Balaban J connectivity index is 0.000000455. The van der Waals surface area contributed by atoms with Crippen LogP contribution in [0.4, 0.5) is 47.9 Å². The molecule has 2 aliphatic heterocycles. The van der Waals surface area contributed by atoms with E-state index in [0.717, 1.165) is 54.5 Å². The number of aliphatic hydroxyl groups is 2. The first-order valence-electron chi connectivity index (χ1n) is 24.3. The number of hydrogen-bond donors (Lipinski definition) is 7. The Hall–Kier alpha value is -5.27. The summed E-state index contributed by atoms with van der Waals surface area (Å²) in [5.74, 6) is -2.21. The maximum Gasteiger partial charge on any atom is 1.00 e. The standard InChI is InChI=1S/C26H26F3N5O4.C19H13F4N3O.C7H14N2O3.CH2O3.2K.H/c1-16-22(11-20(12-31-16)33-25(37)18-3-2-4-19(9-18)26(27,28)29)17-5-6-30-23(10-17)34-7-8-38-21(14-34)13-32-24(36)15-35;1-11-16(12-5-6-24-17(20)8-12)9-15(10-25-11)26-18(27)13-3-2-4-14(7-13)19(21,22)23;10-5-7(11)9-4-6-3-8-1-2-12-6;2-1-4-3;;;/h2-6,9-12,21,35H,7-8,13-15H2,1H3,(H,32,36)(H,33,37);2-10H,1H3,(H,26,27);6,8,10H,1-5H2,(H,9,11);1,3H;;;/q;;;;2*+1;-1/p-1/t21-;;6-;;;;/m1.0..../s1. The summed E-state index contributed by atoms with van der Waals surface area (Å²) in [4.78, 5) is 76.6. The van der Waals surface area contributed by atoms with Gasteiger partial charge in [0.25, 0.3) is 18.3 Å². The fraction of sp³-hybridized carbons (Fsp3) is 0.302. The molecule has 21 nitrogen and oxygen atoms in total. The molecule has 0 unspecified atom stereocenters. The number of pyridine rings is 4. The van der Waals surface area contributed by atoms with Gasteiger partial charge in [0.2, 0.25) is 17.8 Å². The Morgan fingerprint density at radius 3 is 1.66 bits per heavy atom. The molecule has 4 amide bonds. The smallest absolute Gasteiger partial charge is 1.00 e. The van der Waals surface area contributed by atoms with Gasteiger partial charge in [-0.2, -0.15) is 30.7 Å². The number of aryl methyl sites for hydroxylation is 2. The van der Waals surface area contributed by atoms with Crippen LogP contribution in [0.25, 0.3) is 22.3 Å². The van der Waals surface area contributed by atoms with E-state index < -0.39 is 60.4 Å². The van der Waals surface area contributed by atoms with Crippen molar-refractivity contribution in [3.05, 3.63) is 149 Å². The van der Waals surface area contributed by atoms with Crippen LogP contribution in [0.3, 0.4) is 0 Å². The number of amides is 4. The maximum atomic E-state index is 13.4. The van der Waals surface area contributed by atoms with Crippen molar-refractivity contribution in [2.24, 2.45) is 0 Å². The van der Waals surface area contributed by atoms with E-state index >= 15 is 0 Å². The van der Waals surface area contributed by atoms with E-state index in [9.17, 15) is 49.9 Å². The molecule has 0 aliphatic carbocycles. The fourth-order valence-corrected chi connectivity index (χ4v) is 7.57. The largest absolute Gasteiger partial charge is 1.00 e. The summed E-state index contributed by atoms with van der Waals surface area (Å²) in [5.41, 5.74) is 2.40. The SMILES string of the molecule is Cc1ncc(NC(=O)c2cccc(C(F)(F)F)c2)cc1-c1ccnc(F)c1.Cc1ncc(NC(=O)c2cccc(C(F)(F)F)c2)cc1-c1ccnc(N2CCO[C@H](CNC(=O)CO)C2)c1.O=C(CO)NC[C@@H]1CNCCO1.O=CO[O-].[H-].[K+].[K+]. The number of halogens is 7. The molecule has 2 fully saturated rings. The van der Waals surface area contributed by atoms with E-state index in [-0.39, 0.29) is 152 Å². The topological polar surface area (TPSA) is 292 Å². The number of carbonyl (C=O) groups is 5. The van der Waals surface area contributed by atoms with Crippen molar-refractivity contribution in [2.75, 3.05) is 81.2 Å². The van der Waals surface area contributed by atoms with Crippen LogP contribution in [0.1, 0.15) is 44.7 Å². The van der Waals surface area contributed by atoms with Gasteiger partial charge in [0.1, 0.15) is 19.0 Å². The average Bonchev–Trinajstić information content (AvgIpc) is 3.63. The molecule has 83 heavy (non-hydrogen) atoms. The summed E-state index contributed by atoms with van der Waals surface area (Å²) in [6.45, 7) is 6.82. The van der Waals surface area contributed by atoms with Crippen LogP contribution in [-0.2, 0) is 41.1 Å². The van der Waals surface area contributed by atoms with E-state index in [0.29, 0.717) is 66.9 Å². The van der Waals surface area contributed by atoms with Gasteiger partial charge in [0.15, 0.2) is 0 Å². The zero-order valence-electron chi connectivity index (χ0n) is 46.1. The van der Waals surface area contributed by atoms with Gasteiger partial charge in [-0.05, 0) is 91.7 Å². The number of benzene rings is 2. The monoisotopic (exact) mass is 1220 g/mol. The van der Waals surface area contributed by atoms with Crippen molar-refractivity contribution in [3.8, 4) is 22.3 Å². The van der Waals surface area contributed by atoms with Gasteiger partial charge in [-0.15, -0.1) is 0 Å². The Labute approximate surface area is 557 Å². The molecular weight excluding hydrogens is 1160 g/mol. The number of ether oxygens (including phenoxy) is 2. The van der Waals surface area contributed by atoms with Gasteiger partial charge in [-0.25, -0.2) is 9.97 Å². The predicted octanol–water partition coefficient (Wildman–Crippen LogP) is -1.46. The fourth-order valence-electron chi connectivity index (χ4n) is 7.57. The number of nitrogens with one attached hydrogen (secondary N) is 5. The van der Waals surface area contributed by atoms with Crippen molar-refractivity contribution in [2.45, 2.75) is 38.4 Å². The number of hydrogen-bond acceptors (Lipinski definition) is 17. The zero-order valence-corrected chi connectivity index (χ0v) is 51.4. The number of aliphatic hydroxyl groups excluding tert-OH is 2. The van der Waals surface area contributed by atoms with Crippen molar-refractivity contribution >= 4 is 47.3 Å². The number of morpholine rings is 2. The van der Waals surface area contributed by atoms with E-state index in [1.165, 1.54) is 42.9 Å². The molecule has 2 aromatic carbocycles. The molecule has 0 bridgehead atoms. The number of anilines is 3. The molecule has 30 heteroatoms. The van der Waals surface area contributed by atoms with Gasteiger partial charge >= 0.3 is 115 Å². The molecule has 2 atom stereocenters. The minimum Gasteiger partial charge on any atom is -1.00 e.